The maximum absolute atomic E-state index is 12.4. The number of carbonyl (C=O) groups is 3. The van der Waals surface area contributed by atoms with Crippen LogP contribution in [0.5, 0.6) is 0 Å². The molecular weight excluding hydrogens is 372 g/mol. The van der Waals surface area contributed by atoms with E-state index in [0.29, 0.717) is 17.8 Å². The molecule has 0 aromatic heterocycles. The number of amides is 4. The average Bonchev–Trinajstić information content (AvgIpc) is 2.73. The summed E-state index contributed by atoms with van der Waals surface area (Å²) in [6, 6.07) is 14.3. The fourth-order valence-corrected chi connectivity index (χ4v) is 2.96. The molecule has 4 amide bonds. The first-order valence-corrected chi connectivity index (χ1v) is 9.33. The van der Waals surface area contributed by atoms with E-state index in [2.05, 4.69) is 10.6 Å². The van der Waals surface area contributed by atoms with Crippen molar-refractivity contribution in [3.8, 4) is 0 Å². The number of aryl methyl sites for hydroxylation is 1. The third-order valence-corrected chi connectivity index (χ3v) is 4.61. The number of ether oxygens (including phenoxy) is 1. The van der Waals surface area contributed by atoms with Crippen LogP contribution in [-0.2, 0) is 16.1 Å². The highest BCUT2D eigenvalue weighted by Gasteiger charge is 2.27. The van der Waals surface area contributed by atoms with Gasteiger partial charge in [-0.05, 0) is 36.8 Å². The summed E-state index contributed by atoms with van der Waals surface area (Å²) in [5.74, 6) is -0.781. The van der Waals surface area contributed by atoms with E-state index in [1.165, 1.54) is 4.90 Å². The molecule has 1 fully saturated rings. The number of carbonyl (C=O) groups excluding carboxylic acids is 3. The Hall–Kier alpha value is -3.39. The third kappa shape index (κ3) is 5.55. The van der Waals surface area contributed by atoms with Crippen LogP contribution in [0.25, 0.3) is 0 Å². The number of urea groups is 1. The second-order valence-corrected chi connectivity index (χ2v) is 6.89. The first-order valence-electron chi connectivity index (χ1n) is 9.33. The molecule has 1 aliphatic heterocycles. The highest BCUT2D eigenvalue weighted by molar-refractivity contribution is 6.04. The lowest BCUT2D eigenvalue weighted by molar-refractivity contribution is -0.133. The van der Waals surface area contributed by atoms with E-state index in [4.69, 9.17) is 10.5 Å². The number of primary amides is 1. The molecule has 1 unspecified atom stereocenters. The summed E-state index contributed by atoms with van der Waals surface area (Å²) < 4.78 is 5.24. The van der Waals surface area contributed by atoms with Gasteiger partial charge in [-0.3, -0.25) is 9.59 Å². The van der Waals surface area contributed by atoms with Crippen molar-refractivity contribution in [3.05, 3.63) is 65.2 Å². The Balaban J connectivity index is 1.55. The molecule has 2 aromatic carbocycles. The molecule has 2 aromatic rings. The Bertz CT molecular complexity index is 898. The van der Waals surface area contributed by atoms with E-state index in [0.717, 1.165) is 11.1 Å². The Morgan fingerprint density at radius 3 is 2.66 bits per heavy atom. The SMILES string of the molecule is Cc1ccc(C(=O)Nc2cccc(CNC(=O)N3CCOC(C(N)=O)C3)c2)cc1. The maximum Gasteiger partial charge on any atom is 0.317 e. The molecular formula is C21H24N4O4. The summed E-state index contributed by atoms with van der Waals surface area (Å²) in [7, 11) is 0. The van der Waals surface area contributed by atoms with E-state index in [-0.39, 0.29) is 31.6 Å². The number of nitrogens with one attached hydrogen (secondary N) is 2. The number of rotatable bonds is 5. The van der Waals surface area contributed by atoms with Crippen molar-refractivity contribution < 1.29 is 19.1 Å². The van der Waals surface area contributed by atoms with Crippen molar-refractivity contribution >= 4 is 23.5 Å². The first-order chi connectivity index (χ1) is 13.9. The van der Waals surface area contributed by atoms with Gasteiger partial charge in [0.25, 0.3) is 5.91 Å². The van der Waals surface area contributed by atoms with E-state index in [1.54, 1.807) is 24.3 Å². The maximum atomic E-state index is 12.4. The predicted octanol–water partition coefficient (Wildman–Crippen LogP) is 1.64. The van der Waals surface area contributed by atoms with Gasteiger partial charge < -0.3 is 26.0 Å². The quantitative estimate of drug-likeness (QED) is 0.713. The lowest BCUT2D eigenvalue weighted by atomic mass is 10.1. The minimum absolute atomic E-state index is 0.133. The summed E-state index contributed by atoms with van der Waals surface area (Å²) in [5, 5.41) is 5.67. The lowest BCUT2D eigenvalue weighted by Crippen LogP contribution is -2.53. The highest BCUT2D eigenvalue weighted by atomic mass is 16.5. The van der Waals surface area contributed by atoms with Crippen LogP contribution in [0, 0.1) is 6.92 Å². The van der Waals surface area contributed by atoms with E-state index >= 15 is 0 Å². The fraction of sp³-hybridized carbons (Fsp3) is 0.286. The summed E-state index contributed by atoms with van der Waals surface area (Å²) in [5.41, 5.74) is 8.38. The van der Waals surface area contributed by atoms with E-state index in [1.807, 2.05) is 31.2 Å². The third-order valence-electron chi connectivity index (χ3n) is 4.61. The molecule has 1 atom stereocenters. The smallest absolute Gasteiger partial charge is 0.317 e. The van der Waals surface area contributed by atoms with Crippen LogP contribution in [-0.4, -0.2) is 48.5 Å². The van der Waals surface area contributed by atoms with Crippen molar-refractivity contribution in [2.45, 2.75) is 19.6 Å². The van der Waals surface area contributed by atoms with Gasteiger partial charge in [0.2, 0.25) is 5.91 Å². The van der Waals surface area contributed by atoms with Gasteiger partial charge in [0, 0.05) is 24.3 Å². The molecule has 8 nitrogen and oxygen atoms in total. The van der Waals surface area contributed by atoms with Crippen LogP contribution in [0.3, 0.4) is 0 Å². The van der Waals surface area contributed by atoms with Gasteiger partial charge in [0.15, 0.2) is 6.10 Å². The highest BCUT2D eigenvalue weighted by Crippen LogP contribution is 2.13. The largest absolute Gasteiger partial charge is 0.367 e. The summed E-state index contributed by atoms with van der Waals surface area (Å²) >= 11 is 0. The average molecular weight is 396 g/mol. The van der Waals surface area contributed by atoms with Gasteiger partial charge in [-0.2, -0.15) is 0 Å². The zero-order valence-corrected chi connectivity index (χ0v) is 16.2. The van der Waals surface area contributed by atoms with Crippen LogP contribution < -0.4 is 16.4 Å². The zero-order chi connectivity index (χ0) is 20.8. The molecule has 0 bridgehead atoms. The topological polar surface area (TPSA) is 114 Å². The Morgan fingerprint density at radius 2 is 1.93 bits per heavy atom. The molecule has 29 heavy (non-hydrogen) atoms. The Morgan fingerprint density at radius 1 is 1.17 bits per heavy atom. The van der Waals surface area contributed by atoms with Gasteiger partial charge in [-0.15, -0.1) is 0 Å². The molecule has 3 rings (SSSR count). The normalized spacial score (nSPS) is 16.2. The van der Waals surface area contributed by atoms with Gasteiger partial charge in [-0.25, -0.2) is 4.79 Å². The molecule has 4 N–H and O–H groups in total. The summed E-state index contributed by atoms with van der Waals surface area (Å²) in [6.45, 7) is 3.04. The van der Waals surface area contributed by atoms with Crippen LogP contribution in [0.2, 0.25) is 0 Å². The van der Waals surface area contributed by atoms with E-state index < -0.39 is 12.0 Å². The van der Waals surface area contributed by atoms with Crippen molar-refractivity contribution in [2.75, 3.05) is 25.0 Å². The van der Waals surface area contributed by atoms with Crippen LogP contribution in [0.15, 0.2) is 48.5 Å². The lowest BCUT2D eigenvalue weighted by Gasteiger charge is -2.31. The number of nitrogens with zero attached hydrogens (tertiary/aromatic N) is 1. The molecule has 1 saturated heterocycles. The van der Waals surface area contributed by atoms with Gasteiger partial charge in [0.1, 0.15) is 0 Å². The van der Waals surface area contributed by atoms with Crippen molar-refractivity contribution in [3.63, 3.8) is 0 Å². The predicted molar refractivity (Wildman–Crippen MR) is 108 cm³/mol. The van der Waals surface area contributed by atoms with Gasteiger partial charge in [-0.1, -0.05) is 29.8 Å². The number of nitrogens with two attached hydrogens (primary N) is 1. The van der Waals surface area contributed by atoms with Crippen molar-refractivity contribution in [1.82, 2.24) is 10.2 Å². The summed E-state index contributed by atoms with van der Waals surface area (Å²) in [4.78, 5) is 37.5. The van der Waals surface area contributed by atoms with Crippen molar-refractivity contribution in [2.24, 2.45) is 5.73 Å². The molecule has 0 spiro atoms. The van der Waals surface area contributed by atoms with Crippen LogP contribution in [0.1, 0.15) is 21.5 Å². The number of anilines is 1. The molecule has 0 saturated carbocycles. The van der Waals surface area contributed by atoms with E-state index in [9.17, 15) is 14.4 Å². The molecule has 0 aliphatic carbocycles. The Labute approximate surface area is 169 Å². The van der Waals surface area contributed by atoms with Crippen LogP contribution in [0.4, 0.5) is 10.5 Å². The standard InChI is InChI=1S/C21H24N4O4/c1-14-5-7-16(8-6-14)20(27)24-17-4-2-3-15(11-17)12-23-21(28)25-9-10-29-18(13-25)19(22)26/h2-8,11,18H,9-10,12-13H2,1H3,(H2,22,26)(H,23,28)(H,24,27). The molecule has 1 heterocycles. The minimum Gasteiger partial charge on any atom is -0.367 e. The van der Waals surface area contributed by atoms with Gasteiger partial charge in [0.05, 0.1) is 13.2 Å². The number of hydrogen-bond donors (Lipinski definition) is 3. The fourth-order valence-electron chi connectivity index (χ4n) is 2.96. The second kappa shape index (κ2) is 9.20. The zero-order valence-electron chi connectivity index (χ0n) is 16.2. The minimum atomic E-state index is -0.783. The molecule has 0 radical (unpaired) electrons. The molecule has 1 aliphatic rings. The molecule has 152 valence electrons. The molecule has 8 heteroatoms. The number of benzene rings is 2. The van der Waals surface area contributed by atoms with Crippen molar-refractivity contribution in [1.29, 1.82) is 0 Å². The van der Waals surface area contributed by atoms with Crippen LogP contribution >= 0.6 is 0 Å². The second-order valence-electron chi connectivity index (χ2n) is 6.89. The van der Waals surface area contributed by atoms with Gasteiger partial charge >= 0.3 is 6.03 Å². The summed E-state index contributed by atoms with van der Waals surface area (Å²) in [6.07, 6.45) is -0.783. The monoisotopic (exact) mass is 396 g/mol. The number of hydrogen-bond acceptors (Lipinski definition) is 4. The number of morpholine rings is 1. The first kappa shape index (κ1) is 20.3. The Kier molecular flexibility index (Phi) is 6.46.